The van der Waals surface area contributed by atoms with Crippen molar-refractivity contribution in [1.29, 1.82) is 0 Å². The van der Waals surface area contributed by atoms with Crippen molar-refractivity contribution in [3.63, 3.8) is 0 Å². The third-order valence-corrected chi connectivity index (χ3v) is 3.89. The van der Waals surface area contributed by atoms with Crippen LogP contribution in [0.2, 0.25) is 5.02 Å². The second kappa shape index (κ2) is 5.84. The number of nitrogens with one attached hydrogen (secondary N) is 1. The van der Waals surface area contributed by atoms with Gasteiger partial charge in [0.1, 0.15) is 5.69 Å². The Bertz CT molecular complexity index is 830. The molecule has 0 saturated carbocycles. The summed E-state index contributed by atoms with van der Waals surface area (Å²) in [6.45, 7) is 0. The number of rotatable bonds is 2. The maximum atomic E-state index is 12.4. The summed E-state index contributed by atoms with van der Waals surface area (Å²) in [6, 6.07) is 14.8. The van der Waals surface area contributed by atoms with Crippen LogP contribution in [0, 0.1) is 0 Å². The number of hydrogen-bond acceptors (Lipinski definition) is 2. The molecule has 0 bridgehead atoms. The molecule has 1 amide bonds. The number of nitrogens with zero attached hydrogens (tertiary/aromatic N) is 1. The van der Waals surface area contributed by atoms with Crippen molar-refractivity contribution in [1.82, 2.24) is 4.98 Å². The summed E-state index contributed by atoms with van der Waals surface area (Å²) in [5, 5.41) is 5.05. The van der Waals surface area contributed by atoms with E-state index in [-0.39, 0.29) is 5.91 Å². The minimum atomic E-state index is -0.285. The lowest BCUT2D eigenvalue weighted by Crippen LogP contribution is -2.14. The number of hydrogen-bond donors (Lipinski definition) is 1. The molecule has 3 aromatic rings. The molecule has 0 spiro atoms. The number of fused-ring (bicyclic) bond motifs is 1. The molecule has 104 valence electrons. The van der Waals surface area contributed by atoms with Gasteiger partial charge in [-0.25, -0.2) is 0 Å². The number of carbonyl (C=O) groups excluding carboxylic acids is 1. The number of amides is 1. The molecule has 5 heteroatoms. The minimum absolute atomic E-state index is 0.285. The summed E-state index contributed by atoms with van der Waals surface area (Å²) < 4.78 is 0.841. The Morgan fingerprint density at radius 1 is 1.14 bits per heavy atom. The number of benzene rings is 2. The molecular formula is C16H10BrClN2O. The zero-order valence-corrected chi connectivity index (χ0v) is 13.1. The van der Waals surface area contributed by atoms with Gasteiger partial charge in [-0.05, 0) is 29.7 Å². The highest BCUT2D eigenvalue weighted by atomic mass is 79.9. The molecule has 21 heavy (non-hydrogen) atoms. The van der Waals surface area contributed by atoms with Gasteiger partial charge in [-0.15, -0.1) is 0 Å². The summed E-state index contributed by atoms with van der Waals surface area (Å²) in [7, 11) is 0. The molecule has 3 rings (SSSR count). The van der Waals surface area contributed by atoms with E-state index in [0.717, 1.165) is 15.2 Å². The zero-order valence-electron chi connectivity index (χ0n) is 10.8. The molecule has 1 heterocycles. The van der Waals surface area contributed by atoms with Gasteiger partial charge >= 0.3 is 0 Å². The highest BCUT2D eigenvalue weighted by Gasteiger charge is 2.13. The van der Waals surface area contributed by atoms with Gasteiger partial charge in [0.2, 0.25) is 0 Å². The molecule has 0 aliphatic heterocycles. The topological polar surface area (TPSA) is 42.0 Å². The number of carbonyl (C=O) groups is 1. The molecule has 1 aromatic heterocycles. The average molecular weight is 362 g/mol. The van der Waals surface area contributed by atoms with Crippen LogP contribution in [0.4, 0.5) is 5.69 Å². The van der Waals surface area contributed by atoms with Crippen LogP contribution < -0.4 is 5.32 Å². The summed E-state index contributed by atoms with van der Waals surface area (Å²) in [5.74, 6) is -0.285. The van der Waals surface area contributed by atoms with Crippen LogP contribution in [0.3, 0.4) is 0 Å². The van der Waals surface area contributed by atoms with Crippen molar-refractivity contribution in [2.45, 2.75) is 0 Å². The smallest absolute Gasteiger partial charge is 0.274 e. The predicted octanol–water partition coefficient (Wildman–Crippen LogP) is 4.90. The molecule has 0 atom stereocenters. The van der Waals surface area contributed by atoms with E-state index in [1.165, 1.54) is 0 Å². The fourth-order valence-electron chi connectivity index (χ4n) is 2.08. The van der Waals surface area contributed by atoms with E-state index in [1.807, 2.05) is 36.4 Å². The van der Waals surface area contributed by atoms with Gasteiger partial charge < -0.3 is 5.32 Å². The van der Waals surface area contributed by atoms with Crippen LogP contribution in [-0.4, -0.2) is 10.9 Å². The van der Waals surface area contributed by atoms with Gasteiger partial charge in [0.15, 0.2) is 0 Å². The Morgan fingerprint density at radius 2 is 1.95 bits per heavy atom. The standard InChI is InChI=1S/C16H10BrClN2O/c17-11-5-6-13(18)14(9-11)20-16(21)15-12-4-2-1-3-10(12)7-8-19-15/h1-9H,(H,20,21). The Balaban J connectivity index is 1.99. The van der Waals surface area contributed by atoms with E-state index in [4.69, 9.17) is 11.6 Å². The first-order valence-corrected chi connectivity index (χ1v) is 7.42. The van der Waals surface area contributed by atoms with Crippen molar-refractivity contribution in [2.75, 3.05) is 5.32 Å². The van der Waals surface area contributed by atoms with Crippen molar-refractivity contribution < 1.29 is 4.79 Å². The first kappa shape index (κ1) is 14.0. The maximum absolute atomic E-state index is 12.4. The van der Waals surface area contributed by atoms with Crippen LogP contribution in [0.25, 0.3) is 10.8 Å². The van der Waals surface area contributed by atoms with Gasteiger partial charge in [0, 0.05) is 16.1 Å². The zero-order chi connectivity index (χ0) is 14.8. The molecule has 0 fully saturated rings. The number of anilines is 1. The fraction of sp³-hybridized carbons (Fsp3) is 0. The van der Waals surface area contributed by atoms with Crippen molar-refractivity contribution in [2.24, 2.45) is 0 Å². The number of pyridine rings is 1. The van der Waals surface area contributed by atoms with E-state index < -0.39 is 0 Å². The molecule has 0 aliphatic carbocycles. The van der Waals surface area contributed by atoms with Gasteiger partial charge in [0.25, 0.3) is 5.91 Å². The lowest BCUT2D eigenvalue weighted by molar-refractivity contribution is 0.102. The van der Waals surface area contributed by atoms with E-state index in [9.17, 15) is 4.79 Å². The average Bonchev–Trinajstić information content (AvgIpc) is 2.50. The lowest BCUT2D eigenvalue weighted by atomic mass is 10.1. The van der Waals surface area contributed by atoms with Crippen molar-refractivity contribution in [3.8, 4) is 0 Å². The highest BCUT2D eigenvalue weighted by Crippen LogP contribution is 2.26. The number of halogens is 2. The monoisotopic (exact) mass is 360 g/mol. The second-order valence-corrected chi connectivity index (χ2v) is 5.78. The predicted molar refractivity (Wildman–Crippen MR) is 88.8 cm³/mol. The summed E-state index contributed by atoms with van der Waals surface area (Å²) in [6.07, 6.45) is 1.62. The highest BCUT2D eigenvalue weighted by molar-refractivity contribution is 9.10. The van der Waals surface area contributed by atoms with Crippen molar-refractivity contribution >= 4 is 49.9 Å². The largest absolute Gasteiger partial charge is 0.319 e. The summed E-state index contributed by atoms with van der Waals surface area (Å²) in [4.78, 5) is 16.6. The van der Waals surface area contributed by atoms with Crippen LogP contribution >= 0.6 is 27.5 Å². The molecule has 1 N–H and O–H groups in total. The SMILES string of the molecule is O=C(Nc1cc(Br)ccc1Cl)c1nccc2ccccc12. The number of aromatic nitrogens is 1. The third kappa shape index (κ3) is 2.91. The van der Waals surface area contributed by atoms with Gasteiger partial charge in [-0.2, -0.15) is 0 Å². The Kier molecular flexibility index (Phi) is 3.90. The Morgan fingerprint density at radius 3 is 2.81 bits per heavy atom. The molecule has 0 radical (unpaired) electrons. The molecule has 2 aromatic carbocycles. The van der Waals surface area contributed by atoms with Crippen LogP contribution in [0.5, 0.6) is 0 Å². The van der Waals surface area contributed by atoms with Crippen molar-refractivity contribution in [3.05, 3.63) is 69.9 Å². The van der Waals surface area contributed by atoms with E-state index >= 15 is 0 Å². The summed E-state index contributed by atoms with van der Waals surface area (Å²) in [5.41, 5.74) is 0.926. The molecule has 0 unspecified atom stereocenters. The maximum Gasteiger partial charge on any atom is 0.274 e. The van der Waals surface area contributed by atoms with E-state index in [1.54, 1.807) is 18.3 Å². The first-order valence-electron chi connectivity index (χ1n) is 6.25. The first-order chi connectivity index (χ1) is 10.1. The van der Waals surface area contributed by atoms with Crippen LogP contribution in [0.1, 0.15) is 10.5 Å². The summed E-state index contributed by atoms with van der Waals surface area (Å²) >= 11 is 9.45. The quantitative estimate of drug-likeness (QED) is 0.705. The van der Waals surface area contributed by atoms with Gasteiger partial charge in [0.05, 0.1) is 10.7 Å². The van der Waals surface area contributed by atoms with Gasteiger partial charge in [-0.3, -0.25) is 9.78 Å². The minimum Gasteiger partial charge on any atom is -0.319 e. The van der Waals surface area contributed by atoms with Gasteiger partial charge in [-0.1, -0.05) is 51.8 Å². The molecular weight excluding hydrogens is 352 g/mol. The van der Waals surface area contributed by atoms with E-state index in [0.29, 0.717) is 16.4 Å². The third-order valence-electron chi connectivity index (χ3n) is 3.07. The molecule has 3 nitrogen and oxygen atoms in total. The van der Waals surface area contributed by atoms with E-state index in [2.05, 4.69) is 26.2 Å². The Hall–Kier alpha value is -1.91. The Labute approximate surface area is 135 Å². The normalized spacial score (nSPS) is 10.6. The van der Waals surface area contributed by atoms with Crippen LogP contribution in [0.15, 0.2) is 59.2 Å². The van der Waals surface area contributed by atoms with Crippen LogP contribution in [-0.2, 0) is 0 Å². The lowest BCUT2D eigenvalue weighted by Gasteiger charge is -2.09. The second-order valence-electron chi connectivity index (χ2n) is 4.46. The molecule has 0 aliphatic rings. The fourth-order valence-corrected chi connectivity index (χ4v) is 2.60. The molecule has 0 saturated heterocycles.